The van der Waals surface area contributed by atoms with Crippen LogP contribution in [0.4, 0.5) is 4.39 Å². The average Bonchev–Trinajstić information content (AvgIpc) is 2.92. The van der Waals surface area contributed by atoms with Crippen LogP contribution in [0.5, 0.6) is 0 Å². The van der Waals surface area contributed by atoms with Crippen molar-refractivity contribution in [2.24, 2.45) is 0 Å². The van der Waals surface area contributed by atoms with Crippen molar-refractivity contribution in [2.45, 2.75) is 50.6 Å². The SMILES string of the molecule is CCNC(Cc1c(F)cccc1Cl)C1(N(C)C)CCCC1. The Balaban J connectivity index is 2.30. The lowest BCUT2D eigenvalue weighted by Gasteiger charge is -2.44. The molecule has 0 aromatic heterocycles. The van der Waals surface area contributed by atoms with Crippen LogP contribution in [-0.4, -0.2) is 37.1 Å². The molecule has 4 heteroatoms. The Bertz CT molecular complexity index is 450. The molecule has 1 aromatic carbocycles. The summed E-state index contributed by atoms with van der Waals surface area (Å²) in [6.45, 7) is 2.99. The van der Waals surface area contributed by atoms with E-state index in [2.05, 4.69) is 31.2 Å². The zero-order valence-corrected chi connectivity index (χ0v) is 14.0. The maximum Gasteiger partial charge on any atom is 0.127 e. The summed E-state index contributed by atoms with van der Waals surface area (Å²) >= 11 is 6.22. The lowest BCUT2D eigenvalue weighted by atomic mass is 9.83. The fourth-order valence-electron chi connectivity index (χ4n) is 3.72. The van der Waals surface area contributed by atoms with Crippen molar-refractivity contribution in [1.29, 1.82) is 0 Å². The molecule has 0 spiro atoms. The third-order valence-electron chi connectivity index (χ3n) is 4.93. The minimum Gasteiger partial charge on any atom is -0.312 e. The fourth-order valence-corrected chi connectivity index (χ4v) is 3.96. The number of benzene rings is 1. The molecule has 0 heterocycles. The van der Waals surface area contributed by atoms with E-state index in [1.807, 2.05) is 0 Å². The number of halogens is 2. The minimum atomic E-state index is -0.197. The van der Waals surface area contributed by atoms with Crippen LogP contribution in [0.25, 0.3) is 0 Å². The Morgan fingerprint density at radius 3 is 2.52 bits per heavy atom. The maximum absolute atomic E-state index is 14.1. The van der Waals surface area contributed by atoms with Gasteiger partial charge in [-0.3, -0.25) is 0 Å². The van der Waals surface area contributed by atoms with Gasteiger partial charge in [0.05, 0.1) is 0 Å². The molecule has 2 rings (SSSR count). The van der Waals surface area contributed by atoms with E-state index in [0.717, 1.165) is 19.4 Å². The van der Waals surface area contributed by atoms with Crippen LogP contribution in [-0.2, 0) is 6.42 Å². The van der Waals surface area contributed by atoms with Gasteiger partial charge in [0.25, 0.3) is 0 Å². The lowest BCUT2D eigenvalue weighted by Crippen LogP contribution is -2.58. The molecule has 1 aliphatic rings. The average molecular weight is 313 g/mol. The Morgan fingerprint density at radius 1 is 1.33 bits per heavy atom. The van der Waals surface area contributed by atoms with Crippen molar-refractivity contribution in [3.8, 4) is 0 Å². The first-order valence-electron chi connectivity index (χ1n) is 7.85. The van der Waals surface area contributed by atoms with E-state index in [4.69, 9.17) is 11.6 Å². The topological polar surface area (TPSA) is 15.3 Å². The Labute approximate surface area is 132 Å². The van der Waals surface area contributed by atoms with Crippen LogP contribution in [0.15, 0.2) is 18.2 Å². The minimum absolute atomic E-state index is 0.0988. The largest absolute Gasteiger partial charge is 0.312 e. The molecule has 1 atom stereocenters. The summed E-state index contributed by atoms with van der Waals surface area (Å²) < 4.78 is 14.1. The predicted molar refractivity (Wildman–Crippen MR) is 87.5 cm³/mol. The molecule has 1 aliphatic carbocycles. The van der Waals surface area contributed by atoms with Crippen LogP contribution in [0.3, 0.4) is 0 Å². The van der Waals surface area contributed by atoms with E-state index in [0.29, 0.717) is 17.0 Å². The highest BCUT2D eigenvalue weighted by atomic mass is 35.5. The summed E-state index contributed by atoms with van der Waals surface area (Å²) in [5, 5.41) is 4.11. The molecular formula is C17H26ClFN2. The van der Waals surface area contributed by atoms with Gasteiger partial charge in [0.15, 0.2) is 0 Å². The van der Waals surface area contributed by atoms with Crippen molar-refractivity contribution in [3.63, 3.8) is 0 Å². The van der Waals surface area contributed by atoms with E-state index >= 15 is 0 Å². The fraction of sp³-hybridized carbons (Fsp3) is 0.647. The van der Waals surface area contributed by atoms with Gasteiger partial charge in [-0.2, -0.15) is 0 Å². The van der Waals surface area contributed by atoms with Crippen molar-refractivity contribution in [1.82, 2.24) is 10.2 Å². The lowest BCUT2D eigenvalue weighted by molar-refractivity contribution is 0.105. The quantitative estimate of drug-likeness (QED) is 0.857. The van der Waals surface area contributed by atoms with Crippen LogP contribution in [0.1, 0.15) is 38.2 Å². The number of hydrogen-bond donors (Lipinski definition) is 1. The maximum atomic E-state index is 14.1. The van der Waals surface area contributed by atoms with Crippen LogP contribution >= 0.6 is 11.6 Å². The first kappa shape index (κ1) is 16.7. The molecule has 0 amide bonds. The highest BCUT2D eigenvalue weighted by Gasteiger charge is 2.43. The number of likely N-dealkylation sites (N-methyl/N-ethyl adjacent to an activating group) is 2. The summed E-state index contributed by atoms with van der Waals surface area (Å²) in [6, 6.07) is 5.16. The summed E-state index contributed by atoms with van der Waals surface area (Å²) in [5.41, 5.74) is 0.736. The second-order valence-electron chi connectivity index (χ2n) is 6.22. The van der Waals surface area contributed by atoms with Crippen LogP contribution in [0.2, 0.25) is 5.02 Å². The molecule has 1 saturated carbocycles. The highest BCUT2D eigenvalue weighted by molar-refractivity contribution is 6.31. The second-order valence-corrected chi connectivity index (χ2v) is 6.63. The van der Waals surface area contributed by atoms with Gasteiger partial charge in [-0.1, -0.05) is 37.4 Å². The highest BCUT2D eigenvalue weighted by Crippen LogP contribution is 2.38. The van der Waals surface area contributed by atoms with Gasteiger partial charge < -0.3 is 10.2 Å². The van der Waals surface area contributed by atoms with E-state index in [9.17, 15) is 4.39 Å². The molecule has 2 nitrogen and oxygen atoms in total. The zero-order chi connectivity index (χ0) is 15.5. The second kappa shape index (κ2) is 7.08. The molecule has 1 aromatic rings. The number of rotatable bonds is 6. The molecule has 1 N–H and O–H groups in total. The standard InChI is InChI=1S/C17H26ClFN2/c1-4-20-16(17(21(2)3)10-5-6-11-17)12-13-14(18)8-7-9-15(13)19/h7-9,16,20H,4-6,10-12H2,1-3H3. The number of nitrogens with zero attached hydrogens (tertiary/aromatic N) is 1. The molecule has 0 bridgehead atoms. The van der Waals surface area contributed by atoms with Gasteiger partial charge in [-0.05, 0) is 52.0 Å². The van der Waals surface area contributed by atoms with E-state index in [1.54, 1.807) is 12.1 Å². The number of hydrogen-bond acceptors (Lipinski definition) is 2. The molecule has 118 valence electrons. The Hall–Kier alpha value is -0.640. The first-order chi connectivity index (χ1) is 10.0. The van der Waals surface area contributed by atoms with Gasteiger partial charge >= 0.3 is 0 Å². The zero-order valence-electron chi connectivity index (χ0n) is 13.3. The molecular weight excluding hydrogens is 287 g/mol. The van der Waals surface area contributed by atoms with Crippen LogP contribution in [0, 0.1) is 5.82 Å². The smallest absolute Gasteiger partial charge is 0.127 e. The third-order valence-corrected chi connectivity index (χ3v) is 5.28. The molecule has 0 radical (unpaired) electrons. The third kappa shape index (κ3) is 3.41. The predicted octanol–water partition coefficient (Wildman–Crippen LogP) is 3.87. The summed E-state index contributed by atoms with van der Waals surface area (Å²) in [5.74, 6) is -0.197. The van der Waals surface area contributed by atoms with Crippen LogP contribution < -0.4 is 5.32 Å². The van der Waals surface area contributed by atoms with E-state index < -0.39 is 0 Å². The van der Waals surface area contributed by atoms with Gasteiger partial charge in [0, 0.05) is 22.2 Å². The normalized spacial score (nSPS) is 19.1. The van der Waals surface area contributed by atoms with Gasteiger partial charge in [0.1, 0.15) is 5.82 Å². The molecule has 0 saturated heterocycles. The Morgan fingerprint density at radius 2 is 2.00 bits per heavy atom. The van der Waals surface area contributed by atoms with E-state index in [1.165, 1.54) is 18.9 Å². The van der Waals surface area contributed by atoms with Crippen molar-refractivity contribution in [3.05, 3.63) is 34.6 Å². The van der Waals surface area contributed by atoms with Crippen molar-refractivity contribution < 1.29 is 4.39 Å². The summed E-state index contributed by atoms with van der Waals surface area (Å²) in [7, 11) is 4.28. The number of nitrogens with one attached hydrogen (secondary N) is 1. The molecule has 1 unspecified atom stereocenters. The molecule has 0 aliphatic heterocycles. The van der Waals surface area contributed by atoms with E-state index in [-0.39, 0.29) is 17.4 Å². The van der Waals surface area contributed by atoms with Gasteiger partial charge in [-0.25, -0.2) is 4.39 Å². The Kier molecular flexibility index (Phi) is 5.64. The monoisotopic (exact) mass is 312 g/mol. The van der Waals surface area contributed by atoms with Crippen molar-refractivity contribution >= 4 is 11.6 Å². The summed E-state index contributed by atoms with van der Waals surface area (Å²) in [6.07, 6.45) is 5.43. The first-order valence-corrected chi connectivity index (χ1v) is 8.22. The molecule has 21 heavy (non-hydrogen) atoms. The molecule has 1 fully saturated rings. The van der Waals surface area contributed by atoms with Gasteiger partial charge in [-0.15, -0.1) is 0 Å². The van der Waals surface area contributed by atoms with Gasteiger partial charge in [0.2, 0.25) is 0 Å². The summed E-state index contributed by atoms with van der Waals surface area (Å²) in [4.78, 5) is 2.32. The van der Waals surface area contributed by atoms with Crippen molar-refractivity contribution in [2.75, 3.05) is 20.6 Å².